The van der Waals surface area contributed by atoms with Gasteiger partial charge < -0.3 is 15.1 Å². The SMILES string of the molecule is Cc1ccc(NC(=S)N2CCCC2CN(C)C)cc1C. The van der Waals surface area contributed by atoms with E-state index in [1.807, 2.05) is 0 Å². The van der Waals surface area contributed by atoms with E-state index in [4.69, 9.17) is 12.2 Å². The number of hydrogen-bond donors (Lipinski definition) is 1. The van der Waals surface area contributed by atoms with E-state index in [2.05, 4.69) is 61.3 Å². The number of likely N-dealkylation sites (N-methyl/N-ethyl adjacent to an activating group) is 1. The zero-order chi connectivity index (χ0) is 14.7. The first-order chi connectivity index (χ1) is 9.47. The summed E-state index contributed by atoms with van der Waals surface area (Å²) in [4.78, 5) is 4.58. The van der Waals surface area contributed by atoms with Crippen molar-refractivity contribution in [3.63, 3.8) is 0 Å². The van der Waals surface area contributed by atoms with Gasteiger partial charge in [-0.15, -0.1) is 0 Å². The molecule has 1 atom stereocenters. The minimum atomic E-state index is 0.538. The van der Waals surface area contributed by atoms with Crippen LogP contribution < -0.4 is 5.32 Å². The van der Waals surface area contributed by atoms with E-state index in [1.54, 1.807) is 0 Å². The van der Waals surface area contributed by atoms with Gasteiger partial charge in [0.15, 0.2) is 5.11 Å². The van der Waals surface area contributed by atoms with Gasteiger partial charge in [0.1, 0.15) is 0 Å². The van der Waals surface area contributed by atoms with Crippen LogP contribution >= 0.6 is 12.2 Å². The van der Waals surface area contributed by atoms with Crippen LogP contribution in [0.4, 0.5) is 5.69 Å². The number of rotatable bonds is 3. The second-order valence-electron chi connectivity index (χ2n) is 5.98. The molecule has 0 radical (unpaired) electrons. The lowest BCUT2D eigenvalue weighted by molar-refractivity contribution is 0.288. The van der Waals surface area contributed by atoms with Gasteiger partial charge in [-0.05, 0) is 76.3 Å². The number of likely N-dealkylation sites (tertiary alicyclic amines) is 1. The number of anilines is 1. The molecule has 1 saturated heterocycles. The molecule has 3 nitrogen and oxygen atoms in total. The normalized spacial score (nSPS) is 18.6. The van der Waals surface area contributed by atoms with Crippen molar-refractivity contribution in [1.82, 2.24) is 9.80 Å². The summed E-state index contributed by atoms with van der Waals surface area (Å²) in [5, 5.41) is 4.25. The monoisotopic (exact) mass is 291 g/mol. The molecule has 1 aromatic rings. The van der Waals surface area contributed by atoms with Crippen LogP contribution in [0.5, 0.6) is 0 Å². The Morgan fingerprint density at radius 1 is 1.35 bits per heavy atom. The standard InChI is InChI=1S/C16H25N3S/c1-12-7-8-14(10-13(12)2)17-16(20)19-9-5-6-15(19)11-18(3)4/h7-8,10,15H,5-6,9,11H2,1-4H3,(H,17,20). The summed E-state index contributed by atoms with van der Waals surface area (Å²) < 4.78 is 0. The summed E-state index contributed by atoms with van der Waals surface area (Å²) in [6.07, 6.45) is 2.46. The Morgan fingerprint density at radius 3 is 2.75 bits per heavy atom. The van der Waals surface area contributed by atoms with Crippen molar-refractivity contribution in [1.29, 1.82) is 0 Å². The number of thiocarbonyl (C=S) groups is 1. The molecule has 0 spiro atoms. The summed E-state index contributed by atoms with van der Waals surface area (Å²) in [5.74, 6) is 0. The maximum atomic E-state index is 5.60. The van der Waals surface area contributed by atoms with Crippen LogP contribution in [0.25, 0.3) is 0 Å². The van der Waals surface area contributed by atoms with Gasteiger partial charge in [-0.3, -0.25) is 0 Å². The molecule has 1 aliphatic rings. The molecule has 0 aromatic heterocycles. The van der Waals surface area contributed by atoms with E-state index in [9.17, 15) is 0 Å². The summed E-state index contributed by atoms with van der Waals surface area (Å²) in [6.45, 7) is 6.39. The Kier molecular flexibility index (Phi) is 5.00. The van der Waals surface area contributed by atoms with Gasteiger partial charge in [0.25, 0.3) is 0 Å². The van der Waals surface area contributed by atoms with Crippen molar-refractivity contribution in [2.75, 3.05) is 32.5 Å². The Bertz CT molecular complexity index is 485. The lowest BCUT2D eigenvalue weighted by Gasteiger charge is -2.29. The molecule has 1 aliphatic heterocycles. The van der Waals surface area contributed by atoms with E-state index in [0.29, 0.717) is 6.04 Å². The Balaban J connectivity index is 2.01. The molecule has 0 amide bonds. The molecular weight excluding hydrogens is 266 g/mol. The summed E-state index contributed by atoms with van der Waals surface area (Å²) >= 11 is 5.60. The molecule has 0 bridgehead atoms. The molecule has 20 heavy (non-hydrogen) atoms. The average Bonchev–Trinajstić information content (AvgIpc) is 2.81. The van der Waals surface area contributed by atoms with Crippen molar-refractivity contribution in [2.24, 2.45) is 0 Å². The van der Waals surface area contributed by atoms with Crippen molar-refractivity contribution in [3.05, 3.63) is 29.3 Å². The van der Waals surface area contributed by atoms with E-state index >= 15 is 0 Å². The molecule has 0 aliphatic carbocycles. The van der Waals surface area contributed by atoms with E-state index in [0.717, 1.165) is 23.9 Å². The summed E-state index contributed by atoms with van der Waals surface area (Å²) in [7, 11) is 4.24. The van der Waals surface area contributed by atoms with Crippen LogP contribution in [0.3, 0.4) is 0 Å². The fraction of sp³-hybridized carbons (Fsp3) is 0.562. The minimum Gasteiger partial charge on any atom is -0.345 e. The van der Waals surface area contributed by atoms with Crippen LogP contribution in [-0.2, 0) is 0 Å². The zero-order valence-corrected chi connectivity index (χ0v) is 13.8. The molecule has 1 fully saturated rings. The third-order valence-corrected chi connectivity index (χ3v) is 4.31. The predicted octanol–water partition coefficient (Wildman–Crippen LogP) is 3.03. The van der Waals surface area contributed by atoms with Gasteiger partial charge in [-0.2, -0.15) is 0 Å². The summed E-state index contributed by atoms with van der Waals surface area (Å²) in [5.41, 5.74) is 3.70. The molecular formula is C16H25N3S. The number of nitrogens with zero attached hydrogens (tertiary/aromatic N) is 2. The highest BCUT2D eigenvalue weighted by Crippen LogP contribution is 2.20. The van der Waals surface area contributed by atoms with E-state index < -0.39 is 0 Å². The quantitative estimate of drug-likeness (QED) is 0.863. The first kappa shape index (κ1) is 15.3. The number of benzene rings is 1. The Labute approximate surface area is 128 Å². The van der Waals surface area contributed by atoms with Crippen molar-refractivity contribution >= 4 is 23.0 Å². The maximum Gasteiger partial charge on any atom is 0.173 e. The highest BCUT2D eigenvalue weighted by Gasteiger charge is 2.26. The number of aryl methyl sites for hydroxylation is 2. The molecule has 0 saturated carbocycles. The fourth-order valence-corrected chi connectivity index (χ4v) is 3.09. The van der Waals surface area contributed by atoms with Gasteiger partial charge >= 0.3 is 0 Å². The molecule has 110 valence electrons. The van der Waals surface area contributed by atoms with Crippen LogP contribution in [0, 0.1) is 13.8 Å². The van der Waals surface area contributed by atoms with Crippen LogP contribution in [0.2, 0.25) is 0 Å². The Hall–Kier alpha value is -1.13. The molecule has 1 aromatic carbocycles. The van der Waals surface area contributed by atoms with Crippen LogP contribution in [0.15, 0.2) is 18.2 Å². The largest absolute Gasteiger partial charge is 0.345 e. The smallest absolute Gasteiger partial charge is 0.173 e. The lowest BCUT2D eigenvalue weighted by atomic mass is 10.1. The van der Waals surface area contributed by atoms with Crippen LogP contribution in [0.1, 0.15) is 24.0 Å². The number of hydrogen-bond acceptors (Lipinski definition) is 2. The topological polar surface area (TPSA) is 18.5 Å². The zero-order valence-electron chi connectivity index (χ0n) is 12.9. The molecule has 1 unspecified atom stereocenters. The average molecular weight is 291 g/mol. The van der Waals surface area contributed by atoms with Crippen molar-refractivity contribution in [3.8, 4) is 0 Å². The van der Waals surface area contributed by atoms with E-state index in [-0.39, 0.29) is 0 Å². The van der Waals surface area contributed by atoms with Gasteiger partial charge in [0.2, 0.25) is 0 Å². The second-order valence-corrected chi connectivity index (χ2v) is 6.37. The molecule has 1 N–H and O–H groups in total. The molecule has 2 rings (SSSR count). The maximum absolute atomic E-state index is 5.60. The van der Waals surface area contributed by atoms with Gasteiger partial charge in [-0.25, -0.2) is 0 Å². The fourth-order valence-electron chi connectivity index (χ4n) is 2.73. The van der Waals surface area contributed by atoms with E-state index in [1.165, 1.54) is 24.0 Å². The second kappa shape index (κ2) is 6.55. The van der Waals surface area contributed by atoms with Crippen molar-refractivity contribution < 1.29 is 0 Å². The molecule has 1 heterocycles. The van der Waals surface area contributed by atoms with Crippen molar-refractivity contribution in [2.45, 2.75) is 32.7 Å². The minimum absolute atomic E-state index is 0.538. The predicted molar refractivity (Wildman–Crippen MR) is 90.4 cm³/mol. The third-order valence-electron chi connectivity index (χ3n) is 3.97. The highest BCUT2D eigenvalue weighted by molar-refractivity contribution is 7.80. The summed E-state index contributed by atoms with van der Waals surface area (Å²) in [6, 6.07) is 6.95. The van der Waals surface area contributed by atoms with Crippen LogP contribution in [-0.4, -0.2) is 48.1 Å². The highest BCUT2D eigenvalue weighted by atomic mass is 32.1. The van der Waals surface area contributed by atoms with Gasteiger partial charge in [-0.1, -0.05) is 6.07 Å². The van der Waals surface area contributed by atoms with Gasteiger partial charge in [0, 0.05) is 24.8 Å². The number of nitrogens with one attached hydrogen (secondary N) is 1. The lowest BCUT2D eigenvalue weighted by Crippen LogP contribution is -2.43. The third kappa shape index (κ3) is 3.70. The first-order valence-electron chi connectivity index (χ1n) is 7.27. The molecule has 4 heteroatoms. The van der Waals surface area contributed by atoms with Gasteiger partial charge in [0.05, 0.1) is 0 Å². The Morgan fingerprint density at radius 2 is 2.10 bits per heavy atom. The first-order valence-corrected chi connectivity index (χ1v) is 7.68.